The standard InChI is InChI=1S/C20H14N2O7/c23-11-15-9-10-18(29-15)13-5-7-14(8-6-13)20(25)28-12-19(24)21-16-3-1-2-4-17(16)22(26)27/h1-11H,12H2,(H,21,24). The van der Waals surface area contributed by atoms with Crippen molar-refractivity contribution in [3.63, 3.8) is 0 Å². The number of anilines is 1. The molecule has 0 saturated heterocycles. The fourth-order valence-electron chi connectivity index (χ4n) is 2.48. The van der Waals surface area contributed by atoms with E-state index in [1.165, 1.54) is 42.5 Å². The summed E-state index contributed by atoms with van der Waals surface area (Å²) in [7, 11) is 0. The van der Waals surface area contributed by atoms with Crippen LogP contribution in [-0.4, -0.2) is 29.7 Å². The summed E-state index contributed by atoms with van der Waals surface area (Å²) in [6.45, 7) is -0.604. The number of rotatable bonds is 7. The predicted octanol–water partition coefficient (Wildman–Crippen LogP) is 3.46. The lowest BCUT2D eigenvalue weighted by Gasteiger charge is -2.07. The number of nitrogens with zero attached hydrogens (tertiary/aromatic N) is 1. The number of nitro groups is 1. The molecular formula is C20H14N2O7. The van der Waals surface area contributed by atoms with E-state index in [1.54, 1.807) is 18.2 Å². The molecule has 1 amide bonds. The first kappa shape index (κ1) is 19.5. The van der Waals surface area contributed by atoms with Crippen LogP contribution in [-0.2, 0) is 9.53 Å². The first-order valence-corrected chi connectivity index (χ1v) is 8.34. The van der Waals surface area contributed by atoms with Crippen LogP contribution in [0.1, 0.15) is 20.9 Å². The van der Waals surface area contributed by atoms with E-state index in [0.29, 0.717) is 17.6 Å². The molecule has 3 aromatic rings. The van der Waals surface area contributed by atoms with Gasteiger partial charge in [0.25, 0.3) is 11.6 Å². The van der Waals surface area contributed by atoms with Gasteiger partial charge >= 0.3 is 5.97 Å². The zero-order chi connectivity index (χ0) is 20.8. The number of hydrogen-bond acceptors (Lipinski definition) is 7. The molecule has 146 valence electrons. The molecule has 9 heteroatoms. The number of hydrogen-bond donors (Lipinski definition) is 1. The normalized spacial score (nSPS) is 10.2. The summed E-state index contributed by atoms with van der Waals surface area (Å²) in [6.07, 6.45) is 0.588. The van der Waals surface area contributed by atoms with Gasteiger partial charge in [-0.15, -0.1) is 0 Å². The molecule has 0 fully saturated rings. The lowest BCUT2D eigenvalue weighted by atomic mass is 10.1. The maximum atomic E-state index is 12.1. The molecule has 0 aliphatic carbocycles. The van der Waals surface area contributed by atoms with Crippen molar-refractivity contribution in [2.24, 2.45) is 0 Å². The summed E-state index contributed by atoms with van der Waals surface area (Å²) < 4.78 is 10.2. The Morgan fingerprint density at radius 3 is 2.45 bits per heavy atom. The van der Waals surface area contributed by atoms with Crippen LogP contribution in [0.5, 0.6) is 0 Å². The maximum absolute atomic E-state index is 12.1. The molecule has 0 unspecified atom stereocenters. The Morgan fingerprint density at radius 1 is 1.07 bits per heavy atom. The van der Waals surface area contributed by atoms with E-state index in [1.807, 2.05) is 0 Å². The van der Waals surface area contributed by atoms with Crippen LogP contribution >= 0.6 is 0 Å². The van der Waals surface area contributed by atoms with Gasteiger partial charge in [0.1, 0.15) is 11.4 Å². The molecule has 2 aromatic carbocycles. The van der Waals surface area contributed by atoms with Crippen LogP contribution in [0.15, 0.2) is 65.1 Å². The largest absolute Gasteiger partial charge is 0.453 e. The monoisotopic (exact) mass is 394 g/mol. The number of para-hydroxylation sites is 2. The number of carbonyl (C=O) groups is 3. The highest BCUT2D eigenvalue weighted by molar-refractivity contribution is 5.96. The third kappa shape index (κ3) is 4.72. The molecule has 9 nitrogen and oxygen atoms in total. The van der Waals surface area contributed by atoms with Crippen molar-refractivity contribution in [2.75, 3.05) is 11.9 Å². The number of furan rings is 1. The molecule has 0 atom stereocenters. The minimum absolute atomic E-state index is 0.0102. The first-order valence-electron chi connectivity index (χ1n) is 8.34. The van der Waals surface area contributed by atoms with Crippen LogP contribution in [0, 0.1) is 10.1 Å². The molecule has 1 heterocycles. The van der Waals surface area contributed by atoms with Crippen molar-refractivity contribution < 1.29 is 28.5 Å². The third-order valence-corrected chi connectivity index (χ3v) is 3.86. The number of nitrogens with one attached hydrogen (secondary N) is 1. The van der Waals surface area contributed by atoms with Gasteiger partial charge < -0.3 is 14.5 Å². The molecule has 0 bridgehead atoms. The maximum Gasteiger partial charge on any atom is 0.338 e. The van der Waals surface area contributed by atoms with Gasteiger partial charge in [-0.05, 0) is 30.3 Å². The van der Waals surface area contributed by atoms with Gasteiger partial charge in [0.05, 0.1) is 10.5 Å². The topological polar surface area (TPSA) is 129 Å². The fraction of sp³-hybridized carbons (Fsp3) is 0.0500. The second kappa shape index (κ2) is 8.61. The number of ether oxygens (including phenoxy) is 1. The average Bonchev–Trinajstić information content (AvgIpc) is 3.22. The summed E-state index contributed by atoms with van der Waals surface area (Å²) in [6, 6.07) is 15.0. The molecule has 1 N–H and O–H groups in total. The minimum atomic E-state index is -0.734. The Bertz CT molecular complexity index is 1070. The smallest absolute Gasteiger partial charge is 0.338 e. The van der Waals surface area contributed by atoms with Crippen molar-refractivity contribution in [3.05, 3.63) is 82.1 Å². The number of aldehydes is 1. The zero-order valence-electron chi connectivity index (χ0n) is 14.9. The summed E-state index contributed by atoms with van der Waals surface area (Å²) in [5.41, 5.74) is 0.604. The summed E-state index contributed by atoms with van der Waals surface area (Å²) >= 11 is 0. The molecule has 0 spiro atoms. The fourth-order valence-corrected chi connectivity index (χ4v) is 2.48. The minimum Gasteiger partial charge on any atom is -0.453 e. The molecule has 0 aliphatic heterocycles. The molecule has 0 radical (unpaired) electrons. The second-order valence-corrected chi connectivity index (χ2v) is 5.80. The van der Waals surface area contributed by atoms with Crippen molar-refractivity contribution in [3.8, 4) is 11.3 Å². The third-order valence-electron chi connectivity index (χ3n) is 3.86. The zero-order valence-corrected chi connectivity index (χ0v) is 14.9. The van der Waals surface area contributed by atoms with Crippen LogP contribution in [0.3, 0.4) is 0 Å². The Hall–Kier alpha value is -4.27. The molecule has 0 aliphatic rings. The molecule has 1 aromatic heterocycles. The highest BCUT2D eigenvalue weighted by Gasteiger charge is 2.16. The Kier molecular flexibility index (Phi) is 5.79. The Morgan fingerprint density at radius 2 is 1.79 bits per heavy atom. The second-order valence-electron chi connectivity index (χ2n) is 5.80. The van der Waals surface area contributed by atoms with E-state index < -0.39 is 23.4 Å². The van der Waals surface area contributed by atoms with E-state index in [0.717, 1.165) is 0 Å². The van der Waals surface area contributed by atoms with E-state index >= 15 is 0 Å². The lowest BCUT2D eigenvalue weighted by Crippen LogP contribution is -2.21. The summed E-state index contributed by atoms with van der Waals surface area (Å²) in [4.78, 5) is 45.0. The average molecular weight is 394 g/mol. The van der Waals surface area contributed by atoms with E-state index in [9.17, 15) is 24.5 Å². The Labute approximate surface area is 164 Å². The van der Waals surface area contributed by atoms with Gasteiger partial charge in [-0.2, -0.15) is 0 Å². The highest BCUT2D eigenvalue weighted by Crippen LogP contribution is 2.23. The van der Waals surface area contributed by atoms with Crippen LogP contribution in [0.4, 0.5) is 11.4 Å². The van der Waals surface area contributed by atoms with E-state index in [4.69, 9.17) is 9.15 Å². The number of carbonyl (C=O) groups excluding carboxylic acids is 3. The lowest BCUT2D eigenvalue weighted by molar-refractivity contribution is -0.383. The van der Waals surface area contributed by atoms with Crippen molar-refractivity contribution in [2.45, 2.75) is 0 Å². The van der Waals surface area contributed by atoms with Gasteiger partial charge in [0, 0.05) is 11.6 Å². The quantitative estimate of drug-likeness (QED) is 0.281. The molecule has 29 heavy (non-hydrogen) atoms. The van der Waals surface area contributed by atoms with Crippen LogP contribution in [0.2, 0.25) is 0 Å². The molecule has 3 rings (SSSR count). The molecule has 0 saturated carbocycles. The van der Waals surface area contributed by atoms with Crippen molar-refractivity contribution in [1.82, 2.24) is 0 Å². The number of esters is 1. The van der Waals surface area contributed by atoms with Gasteiger partial charge in [0.15, 0.2) is 18.7 Å². The van der Waals surface area contributed by atoms with Gasteiger partial charge in [-0.3, -0.25) is 19.7 Å². The van der Waals surface area contributed by atoms with Gasteiger partial charge in [-0.1, -0.05) is 24.3 Å². The summed E-state index contributed by atoms with van der Waals surface area (Å²) in [5, 5.41) is 13.3. The van der Waals surface area contributed by atoms with E-state index in [-0.39, 0.29) is 22.7 Å². The van der Waals surface area contributed by atoms with Gasteiger partial charge in [0.2, 0.25) is 0 Å². The Balaban J connectivity index is 1.58. The SMILES string of the molecule is O=Cc1ccc(-c2ccc(C(=O)OCC(=O)Nc3ccccc3[N+](=O)[O-])cc2)o1. The van der Waals surface area contributed by atoms with E-state index in [2.05, 4.69) is 5.32 Å². The number of amides is 1. The highest BCUT2D eigenvalue weighted by atomic mass is 16.6. The van der Waals surface area contributed by atoms with Crippen molar-refractivity contribution in [1.29, 1.82) is 0 Å². The molecular weight excluding hydrogens is 380 g/mol. The number of benzene rings is 2. The van der Waals surface area contributed by atoms with Gasteiger partial charge in [-0.25, -0.2) is 4.79 Å². The summed E-state index contributed by atoms with van der Waals surface area (Å²) in [5.74, 6) is -0.785. The predicted molar refractivity (Wildman–Crippen MR) is 102 cm³/mol. The first-order chi connectivity index (χ1) is 14.0. The van der Waals surface area contributed by atoms with Crippen LogP contribution < -0.4 is 5.32 Å². The van der Waals surface area contributed by atoms with Crippen molar-refractivity contribution >= 4 is 29.5 Å². The van der Waals surface area contributed by atoms with Crippen LogP contribution in [0.25, 0.3) is 11.3 Å². The number of nitro benzene ring substituents is 1.